The number of nitrogens with one attached hydrogen (secondary N) is 1. The first-order chi connectivity index (χ1) is 7.54. The van der Waals surface area contributed by atoms with Crippen LogP contribution in [-0.2, 0) is 0 Å². The minimum atomic E-state index is -0.427. The predicted octanol–water partition coefficient (Wildman–Crippen LogP) is 1.67. The molecule has 84 valence electrons. The normalized spacial score (nSPS) is 11.6. The molecule has 0 aliphatic carbocycles. The summed E-state index contributed by atoms with van der Waals surface area (Å²) in [6.07, 6.45) is 0. The van der Waals surface area contributed by atoms with Crippen molar-refractivity contribution in [2.45, 2.75) is 6.92 Å². The fraction of sp³-hybridized carbons (Fsp3) is 0.333. The molecule has 1 atom stereocenters. The molecule has 1 rings (SSSR count). The zero-order chi connectivity index (χ0) is 12.1. The number of carbonyl (C=O) groups excluding carboxylic acids is 1. The summed E-state index contributed by atoms with van der Waals surface area (Å²) < 4.78 is 0. The fourth-order valence-corrected chi connectivity index (χ4v) is 1.22. The van der Waals surface area contributed by atoms with Crippen molar-refractivity contribution in [2.24, 2.45) is 5.92 Å². The maximum atomic E-state index is 11.6. The van der Waals surface area contributed by atoms with E-state index < -0.39 is 5.91 Å². The highest BCUT2D eigenvalue weighted by Gasteiger charge is 2.13. The fourth-order valence-electron chi connectivity index (χ4n) is 0.899. The van der Waals surface area contributed by atoms with Crippen molar-refractivity contribution >= 4 is 29.1 Å². The standard InChI is InChI=1S/C9H8Cl2N4O/c1-5(3-12)4-13-9(16)6-2-7(10)14-15-8(6)11/h2,5H,4H2,1H3,(H,13,16). The zero-order valence-electron chi connectivity index (χ0n) is 8.37. The van der Waals surface area contributed by atoms with Crippen LogP contribution in [0.2, 0.25) is 10.3 Å². The van der Waals surface area contributed by atoms with Crippen LogP contribution in [0.4, 0.5) is 0 Å². The molecule has 0 bridgehead atoms. The van der Waals surface area contributed by atoms with Crippen LogP contribution in [0.3, 0.4) is 0 Å². The second kappa shape index (κ2) is 5.64. The Balaban J connectivity index is 2.74. The Hall–Kier alpha value is -1.38. The Morgan fingerprint density at radius 3 is 2.94 bits per heavy atom. The third kappa shape index (κ3) is 3.33. The molecule has 7 heteroatoms. The van der Waals surface area contributed by atoms with Gasteiger partial charge in [-0.3, -0.25) is 4.79 Å². The van der Waals surface area contributed by atoms with Crippen molar-refractivity contribution < 1.29 is 4.79 Å². The summed E-state index contributed by atoms with van der Waals surface area (Å²) in [6, 6.07) is 3.32. The average Bonchev–Trinajstić information content (AvgIpc) is 2.28. The number of halogens is 2. The van der Waals surface area contributed by atoms with Crippen molar-refractivity contribution in [1.29, 1.82) is 5.26 Å². The number of nitriles is 1. The topological polar surface area (TPSA) is 78.7 Å². The summed E-state index contributed by atoms with van der Waals surface area (Å²) in [6.45, 7) is 1.94. The van der Waals surface area contributed by atoms with E-state index in [9.17, 15) is 4.79 Å². The molecule has 1 aromatic heterocycles. The number of hydrogen-bond acceptors (Lipinski definition) is 4. The first-order valence-electron chi connectivity index (χ1n) is 4.41. The monoisotopic (exact) mass is 258 g/mol. The molecule has 0 aromatic carbocycles. The van der Waals surface area contributed by atoms with Gasteiger partial charge in [-0.25, -0.2) is 0 Å². The zero-order valence-corrected chi connectivity index (χ0v) is 9.88. The van der Waals surface area contributed by atoms with Crippen molar-refractivity contribution in [3.63, 3.8) is 0 Å². The number of aromatic nitrogens is 2. The van der Waals surface area contributed by atoms with Crippen LogP contribution in [-0.4, -0.2) is 22.6 Å². The molecule has 0 spiro atoms. The second-order valence-electron chi connectivity index (χ2n) is 3.11. The SMILES string of the molecule is CC(C#N)CNC(=O)c1cc(Cl)nnc1Cl. The third-order valence-electron chi connectivity index (χ3n) is 1.75. The van der Waals surface area contributed by atoms with Gasteiger partial charge in [-0.2, -0.15) is 5.26 Å². The van der Waals surface area contributed by atoms with Crippen molar-refractivity contribution in [2.75, 3.05) is 6.54 Å². The van der Waals surface area contributed by atoms with Gasteiger partial charge in [0.1, 0.15) is 0 Å². The summed E-state index contributed by atoms with van der Waals surface area (Å²) in [5.74, 6) is -0.697. The van der Waals surface area contributed by atoms with Gasteiger partial charge in [0.25, 0.3) is 5.91 Å². The molecule has 0 saturated carbocycles. The lowest BCUT2D eigenvalue weighted by Gasteiger charge is -2.06. The summed E-state index contributed by atoms with van der Waals surface area (Å²) in [7, 11) is 0. The van der Waals surface area contributed by atoms with Crippen LogP contribution in [0, 0.1) is 17.2 Å². The van der Waals surface area contributed by atoms with E-state index in [1.165, 1.54) is 6.07 Å². The lowest BCUT2D eigenvalue weighted by molar-refractivity contribution is 0.0950. The molecule has 0 aliphatic rings. The van der Waals surface area contributed by atoms with E-state index in [1.807, 2.05) is 6.07 Å². The molecular weight excluding hydrogens is 251 g/mol. The molecule has 5 nitrogen and oxygen atoms in total. The second-order valence-corrected chi connectivity index (χ2v) is 3.86. The Morgan fingerprint density at radius 1 is 1.62 bits per heavy atom. The van der Waals surface area contributed by atoms with Gasteiger partial charge in [0.15, 0.2) is 10.3 Å². The van der Waals surface area contributed by atoms with E-state index in [1.54, 1.807) is 6.92 Å². The molecule has 0 fully saturated rings. The van der Waals surface area contributed by atoms with Gasteiger partial charge in [0, 0.05) is 6.54 Å². The molecule has 1 heterocycles. The van der Waals surface area contributed by atoms with Gasteiger partial charge in [-0.15, -0.1) is 10.2 Å². The molecule has 1 aromatic rings. The Kier molecular flexibility index (Phi) is 4.47. The summed E-state index contributed by atoms with van der Waals surface area (Å²) in [5, 5.41) is 18.1. The maximum Gasteiger partial charge on any atom is 0.254 e. The first kappa shape index (κ1) is 12.7. The van der Waals surface area contributed by atoms with E-state index in [-0.39, 0.29) is 28.3 Å². The minimum absolute atomic E-state index is 0.0217. The van der Waals surface area contributed by atoms with E-state index in [0.717, 1.165) is 0 Å². The van der Waals surface area contributed by atoms with Crippen molar-refractivity contribution in [3.8, 4) is 6.07 Å². The summed E-state index contributed by atoms with van der Waals surface area (Å²) >= 11 is 11.3. The quantitative estimate of drug-likeness (QED) is 0.895. The predicted molar refractivity (Wildman–Crippen MR) is 59.2 cm³/mol. The number of carbonyl (C=O) groups is 1. The van der Waals surface area contributed by atoms with E-state index in [4.69, 9.17) is 28.5 Å². The van der Waals surface area contributed by atoms with Gasteiger partial charge in [0.2, 0.25) is 0 Å². The molecule has 1 amide bonds. The molecule has 0 radical (unpaired) electrons. The highest BCUT2D eigenvalue weighted by molar-refractivity contribution is 6.34. The third-order valence-corrected chi connectivity index (χ3v) is 2.22. The van der Waals surface area contributed by atoms with Crippen LogP contribution in [0.15, 0.2) is 6.07 Å². The van der Waals surface area contributed by atoms with Gasteiger partial charge >= 0.3 is 0 Å². The Morgan fingerprint density at radius 2 is 2.31 bits per heavy atom. The molecule has 0 aliphatic heterocycles. The molecular formula is C9H8Cl2N4O. The lowest BCUT2D eigenvalue weighted by Crippen LogP contribution is -2.28. The van der Waals surface area contributed by atoms with Crippen LogP contribution < -0.4 is 5.32 Å². The smallest absolute Gasteiger partial charge is 0.254 e. The highest BCUT2D eigenvalue weighted by Crippen LogP contribution is 2.14. The van der Waals surface area contributed by atoms with Gasteiger partial charge in [-0.1, -0.05) is 23.2 Å². The van der Waals surface area contributed by atoms with Gasteiger partial charge < -0.3 is 5.32 Å². The van der Waals surface area contributed by atoms with Crippen molar-refractivity contribution in [1.82, 2.24) is 15.5 Å². The van der Waals surface area contributed by atoms with Gasteiger partial charge in [-0.05, 0) is 13.0 Å². The lowest BCUT2D eigenvalue weighted by atomic mass is 10.2. The number of nitrogens with zero attached hydrogens (tertiary/aromatic N) is 3. The number of hydrogen-bond donors (Lipinski definition) is 1. The first-order valence-corrected chi connectivity index (χ1v) is 5.16. The highest BCUT2D eigenvalue weighted by atomic mass is 35.5. The summed E-state index contributed by atoms with van der Waals surface area (Å²) in [4.78, 5) is 11.6. The maximum absolute atomic E-state index is 11.6. The van der Waals surface area contributed by atoms with Crippen LogP contribution >= 0.6 is 23.2 Å². The Labute approximate surface area is 102 Å². The molecule has 1 unspecified atom stereocenters. The number of rotatable bonds is 3. The van der Waals surface area contributed by atoms with Gasteiger partial charge in [0.05, 0.1) is 17.6 Å². The summed E-state index contributed by atoms with van der Waals surface area (Å²) in [5.41, 5.74) is 0.145. The average molecular weight is 259 g/mol. The molecule has 1 N–H and O–H groups in total. The van der Waals surface area contributed by atoms with Crippen LogP contribution in [0.1, 0.15) is 17.3 Å². The molecule has 0 saturated heterocycles. The largest absolute Gasteiger partial charge is 0.351 e. The van der Waals surface area contributed by atoms with Crippen LogP contribution in [0.25, 0.3) is 0 Å². The minimum Gasteiger partial charge on any atom is -0.351 e. The van der Waals surface area contributed by atoms with E-state index in [2.05, 4.69) is 15.5 Å². The Bertz CT molecular complexity index is 444. The van der Waals surface area contributed by atoms with Crippen LogP contribution in [0.5, 0.6) is 0 Å². The van der Waals surface area contributed by atoms with Crippen molar-refractivity contribution in [3.05, 3.63) is 21.9 Å². The van der Waals surface area contributed by atoms with E-state index >= 15 is 0 Å². The molecule has 16 heavy (non-hydrogen) atoms. The van der Waals surface area contributed by atoms with E-state index in [0.29, 0.717) is 0 Å². The number of amides is 1.